The number of hydrogen-bond acceptors (Lipinski definition) is 7. The van der Waals surface area contributed by atoms with E-state index in [1.54, 1.807) is 6.07 Å². The van der Waals surface area contributed by atoms with Gasteiger partial charge in [-0.05, 0) is 24.3 Å². The fraction of sp³-hybridized carbons (Fsp3) is 0. The van der Waals surface area contributed by atoms with Crippen molar-refractivity contribution in [3.63, 3.8) is 0 Å². The summed E-state index contributed by atoms with van der Waals surface area (Å²) in [5.41, 5.74) is -0.145. The van der Waals surface area contributed by atoms with Crippen LogP contribution in [-0.2, 0) is 10.0 Å². The average Bonchev–Trinajstić information content (AvgIpc) is 2.61. The van der Waals surface area contributed by atoms with Crippen LogP contribution >= 0.6 is 0 Å². The summed E-state index contributed by atoms with van der Waals surface area (Å²) in [6.07, 6.45) is 3.80. The van der Waals surface area contributed by atoms with Crippen molar-refractivity contribution in [2.24, 2.45) is 5.10 Å². The van der Waals surface area contributed by atoms with E-state index in [0.717, 1.165) is 18.3 Å². The fourth-order valence-corrected chi connectivity index (χ4v) is 2.74. The van der Waals surface area contributed by atoms with Gasteiger partial charge in [-0.3, -0.25) is 20.2 Å². The first kappa shape index (κ1) is 18.7. The Kier molecular flexibility index (Phi) is 5.75. The second-order valence-corrected chi connectivity index (χ2v) is 6.46. The molecule has 11 heteroatoms. The maximum atomic E-state index is 12.0. The van der Waals surface area contributed by atoms with E-state index in [0.29, 0.717) is 5.56 Å². The molecule has 0 radical (unpaired) electrons. The summed E-state index contributed by atoms with van der Waals surface area (Å²) >= 11 is 0. The molecule has 1 N–H and O–H groups in total. The Bertz CT molecular complexity index is 1000. The summed E-state index contributed by atoms with van der Waals surface area (Å²) in [5.74, 6) is 0. The molecule has 0 saturated carbocycles. The van der Waals surface area contributed by atoms with Crippen LogP contribution in [0.1, 0.15) is 5.56 Å². The smallest absolute Gasteiger partial charge is 0.258 e. The number of nitrogens with one attached hydrogen (secondary N) is 1. The minimum Gasteiger partial charge on any atom is -0.258 e. The van der Waals surface area contributed by atoms with Crippen LogP contribution in [0.25, 0.3) is 6.08 Å². The van der Waals surface area contributed by atoms with E-state index in [1.165, 1.54) is 42.5 Å². The van der Waals surface area contributed by atoms with Gasteiger partial charge in [-0.25, -0.2) is 4.83 Å². The lowest BCUT2D eigenvalue weighted by Gasteiger charge is -2.02. The molecule has 0 unspecified atom stereocenters. The van der Waals surface area contributed by atoms with E-state index < -0.39 is 19.9 Å². The maximum absolute atomic E-state index is 12.0. The van der Waals surface area contributed by atoms with E-state index in [-0.39, 0.29) is 16.3 Å². The Morgan fingerprint density at radius 1 is 1.00 bits per heavy atom. The van der Waals surface area contributed by atoms with Gasteiger partial charge in [0.05, 0.1) is 20.3 Å². The number of hydrogen-bond donors (Lipinski definition) is 1. The standard InChI is InChI=1S/C15H12N4O6S/c20-18(21)13-7-3-8-14(11-13)26(24,25)17-16-10-4-6-12-5-1-2-9-15(12)19(22)23/h1-11,17H/b6-4+,16-10-. The molecule has 26 heavy (non-hydrogen) atoms. The predicted molar refractivity (Wildman–Crippen MR) is 94.0 cm³/mol. The Balaban J connectivity index is 2.09. The van der Waals surface area contributed by atoms with Gasteiger partial charge in [0.2, 0.25) is 0 Å². The van der Waals surface area contributed by atoms with Crippen LogP contribution in [0.5, 0.6) is 0 Å². The largest absolute Gasteiger partial charge is 0.276 e. The Labute approximate surface area is 147 Å². The molecule has 0 aromatic heterocycles. The van der Waals surface area contributed by atoms with Crippen molar-refractivity contribution in [2.45, 2.75) is 4.90 Å². The van der Waals surface area contributed by atoms with Crippen LogP contribution in [0, 0.1) is 20.2 Å². The third-order valence-corrected chi connectivity index (χ3v) is 4.30. The molecule has 134 valence electrons. The Morgan fingerprint density at radius 2 is 1.73 bits per heavy atom. The molecule has 0 heterocycles. The highest BCUT2D eigenvalue weighted by Crippen LogP contribution is 2.19. The van der Waals surface area contributed by atoms with Crippen molar-refractivity contribution in [1.82, 2.24) is 4.83 Å². The van der Waals surface area contributed by atoms with Gasteiger partial charge in [-0.15, -0.1) is 0 Å². The first-order valence-corrected chi connectivity index (χ1v) is 8.49. The second kappa shape index (κ2) is 7.98. The highest BCUT2D eigenvalue weighted by Gasteiger charge is 2.16. The van der Waals surface area contributed by atoms with Gasteiger partial charge >= 0.3 is 0 Å². The predicted octanol–water partition coefficient (Wildman–Crippen LogP) is 2.48. The van der Waals surface area contributed by atoms with Crippen LogP contribution in [-0.4, -0.2) is 24.5 Å². The zero-order valence-electron chi connectivity index (χ0n) is 13.1. The van der Waals surface area contributed by atoms with Gasteiger partial charge in [0.1, 0.15) is 0 Å². The summed E-state index contributed by atoms with van der Waals surface area (Å²) in [6.45, 7) is 0. The van der Waals surface area contributed by atoms with Crippen LogP contribution < -0.4 is 4.83 Å². The maximum Gasteiger partial charge on any atom is 0.276 e. The third-order valence-electron chi connectivity index (χ3n) is 3.08. The summed E-state index contributed by atoms with van der Waals surface area (Å²) < 4.78 is 24.0. The number of allylic oxidation sites excluding steroid dienone is 1. The number of non-ortho nitro benzene ring substituents is 1. The molecule has 0 atom stereocenters. The van der Waals surface area contributed by atoms with E-state index >= 15 is 0 Å². The Morgan fingerprint density at radius 3 is 2.42 bits per heavy atom. The van der Waals surface area contributed by atoms with Crippen molar-refractivity contribution in [1.29, 1.82) is 0 Å². The molecule has 0 aliphatic carbocycles. The van der Waals surface area contributed by atoms with Crippen LogP contribution in [0.4, 0.5) is 11.4 Å². The van der Waals surface area contributed by atoms with E-state index in [1.807, 2.05) is 4.83 Å². The molecule has 2 rings (SSSR count). The number of rotatable bonds is 7. The van der Waals surface area contributed by atoms with Crippen LogP contribution in [0.3, 0.4) is 0 Å². The van der Waals surface area contributed by atoms with Crippen LogP contribution in [0.2, 0.25) is 0 Å². The molecule has 0 amide bonds. The summed E-state index contributed by atoms with van der Waals surface area (Å²) in [7, 11) is -4.08. The molecular weight excluding hydrogens is 364 g/mol. The van der Waals surface area contributed by atoms with Gasteiger partial charge in [0.25, 0.3) is 21.4 Å². The second-order valence-electron chi connectivity index (χ2n) is 4.80. The monoisotopic (exact) mass is 376 g/mol. The first-order chi connectivity index (χ1) is 12.3. The van der Waals surface area contributed by atoms with Crippen molar-refractivity contribution in [3.8, 4) is 0 Å². The molecule has 0 aliphatic heterocycles. The van der Waals surface area contributed by atoms with Crippen molar-refractivity contribution >= 4 is 33.7 Å². The number of nitro groups is 2. The number of nitro benzene ring substituents is 2. The van der Waals surface area contributed by atoms with E-state index in [2.05, 4.69) is 5.10 Å². The third kappa shape index (κ3) is 4.70. The summed E-state index contributed by atoms with van der Waals surface area (Å²) in [4.78, 5) is 21.9. The molecule has 0 aliphatic rings. The summed E-state index contributed by atoms with van der Waals surface area (Å²) in [6, 6.07) is 10.5. The van der Waals surface area contributed by atoms with E-state index in [4.69, 9.17) is 0 Å². The molecular formula is C15H12N4O6S. The van der Waals surface area contributed by atoms with Crippen molar-refractivity contribution < 1.29 is 18.3 Å². The average molecular weight is 376 g/mol. The molecule has 2 aromatic carbocycles. The Hall–Kier alpha value is -3.60. The van der Waals surface area contributed by atoms with Gasteiger partial charge < -0.3 is 0 Å². The highest BCUT2D eigenvalue weighted by atomic mass is 32.2. The number of benzene rings is 2. The molecule has 2 aromatic rings. The van der Waals surface area contributed by atoms with Crippen LogP contribution in [0.15, 0.2) is 64.6 Å². The molecule has 0 saturated heterocycles. The zero-order chi connectivity index (χ0) is 19.2. The molecule has 0 spiro atoms. The highest BCUT2D eigenvalue weighted by molar-refractivity contribution is 7.89. The van der Waals surface area contributed by atoms with Gasteiger partial charge in [-0.1, -0.05) is 18.2 Å². The minimum absolute atomic E-state index is 0.102. The molecule has 10 nitrogen and oxygen atoms in total. The van der Waals surface area contributed by atoms with Gasteiger partial charge in [0.15, 0.2) is 0 Å². The lowest BCUT2D eigenvalue weighted by Crippen LogP contribution is -2.18. The lowest BCUT2D eigenvalue weighted by atomic mass is 10.2. The van der Waals surface area contributed by atoms with Gasteiger partial charge in [-0.2, -0.15) is 13.5 Å². The van der Waals surface area contributed by atoms with Crippen molar-refractivity contribution in [2.75, 3.05) is 0 Å². The van der Waals surface area contributed by atoms with Crippen molar-refractivity contribution in [3.05, 3.63) is 80.4 Å². The number of hydrazone groups is 1. The zero-order valence-corrected chi connectivity index (χ0v) is 13.9. The number of nitrogens with zero attached hydrogens (tertiary/aromatic N) is 3. The lowest BCUT2D eigenvalue weighted by molar-refractivity contribution is -0.385. The fourth-order valence-electron chi connectivity index (χ4n) is 1.90. The normalized spacial score (nSPS) is 11.7. The topological polar surface area (TPSA) is 145 Å². The number of para-hydroxylation sites is 1. The van der Waals surface area contributed by atoms with E-state index in [9.17, 15) is 28.6 Å². The first-order valence-electron chi connectivity index (χ1n) is 7.00. The minimum atomic E-state index is -4.08. The summed E-state index contributed by atoms with van der Waals surface area (Å²) in [5, 5.41) is 25.1. The van der Waals surface area contributed by atoms with Gasteiger partial charge in [0, 0.05) is 24.4 Å². The number of sulfonamides is 1. The molecule has 0 fully saturated rings. The SMILES string of the molecule is O=[N+]([O-])c1cccc(S(=O)(=O)N/N=C\C=C\c2ccccc2[N+](=O)[O-])c1. The molecule has 0 bridgehead atoms. The quantitative estimate of drug-likeness (QED) is 0.446.